The summed E-state index contributed by atoms with van der Waals surface area (Å²) in [5.74, 6) is -0.0648. The van der Waals surface area contributed by atoms with Crippen molar-refractivity contribution >= 4 is 11.9 Å². The van der Waals surface area contributed by atoms with E-state index in [-0.39, 0.29) is 18.5 Å². The summed E-state index contributed by atoms with van der Waals surface area (Å²) in [6.45, 7) is 4.94. The Morgan fingerprint density at radius 3 is 0.922 bits per heavy atom. The lowest BCUT2D eigenvalue weighted by Gasteiger charge is -2.20. The predicted octanol–water partition coefficient (Wildman–Crippen LogP) is 22.5. The maximum absolute atomic E-state index is 12.5. The van der Waals surface area contributed by atoms with Gasteiger partial charge < -0.3 is 20.3 Å². The third kappa shape index (κ3) is 63.4. The molecule has 0 saturated carbocycles. The van der Waals surface area contributed by atoms with Gasteiger partial charge in [0.2, 0.25) is 5.91 Å². The van der Waals surface area contributed by atoms with Crippen molar-refractivity contribution < 1.29 is 24.5 Å². The fraction of sp³-hybridized carbons (Fsp3) is 0.915. The average Bonchev–Trinajstić information content (AvgIpc) is 3.43. The first-order valence-corrected chi connectivity index (χ1v) is 35.1. The first kappa shape index (κ1) is 75.3. The standard InChI is InChI=1S/C71H137NO5/c1-3-5-7-9-11-13-15-17-19-21-23-24-25-26-28-31-35-39-43-47-51-55-59-63-69(74)68(67-73)72-70(75)64-60-56-52-48-44-40-36-32-29-27-30-34-38-42-46-50-54-58-62-66-77-71(76)65-61-57-53-49-45-41-37-33-22-20-18-16-14-12-10-8-6-4-2/h27,29,59,63,68-69,73-74H,3-26,28,30-58,60-62,64-67H2,1-2H3,(H,72,75)/b29-27-,63-59+. The van der Waals surface area contributed by atoms with Crippen molar-refractivity contribution in [2.75, 3.05) is 13.2 Å². The van der Waals surface area contributed by atoms with Gasteiger partial charge in [-0.25, -0.2) is 0 Å². The number of ether oxygens (including phenoxy) is 1. The molecule has 0 aliphatic carbocycles. The van der Waals surface area contributed by atoms with E-state index in [1.165, 1.54) is 321 Å². The number of carbonyl (C=O) groups excluding carboxylic acids is 2. The first-order chi connectivity index (χ1) is 38.0. The summed E-state index contributed by atoms with van der Waals surface area (Å²) in [6.07, 6.45) is 83.9. The van der Waals surface area contributed by atoms with E-state index in [0.717, 1.165) is 44.9 Å². The molecule has 0 bridgehead atoms. The van der Waals surface area contributed by atoms with Crippen molar-refractivity contribution in [3.63, 3.8) is 0 Å². The van der Waals surface area contributed by atoms with Crippen LogP contribution in [0.25, 0.3) is 0 Å². The molecular weight excluding hydrogens is 947 g/mol. The zero-order chi connectivity index (χ0) is 55.7. The Balaban J connectivity index is 3.44. The van der Waals surface area contributed by atoms with Crippen molar-refractivity contribution in [3.05, 3.63) is 24.3 Å². The van der Waals surface area contributed by atoms with Gasteiger partial charge in [-0.05, 0) is 57.8 Å². The van der Waals surface area contributed by atoms with Crippen LogP contribution in [0.1, 0.15) is 393 Å². The van der Waals surface area contributed by atoms with Gasteiger partial charge in [0.1, 0.15) is 0 Å². The SMILES string of the molecule is CCCCCCCCCCCCCCCCCCCCCCC/C=C/C(O)C(CO)NC(=O)CCCCCCCCC/C=C\CCCCCCCCCCOC(=O)CCCCCCCCCCCCCCCCCCCC. The van der Waals surface area contributed by atoms with E-state index in [0.29, 0.717) is 19.4 Å². The number of unbranched alkanes of at least 4 members (excludes halogenated alkanes) is 53. The minimum atomic E-state index is -0.852. The monoisotopic (exact) mass is 1080 g/mol. The van der Waals surface area contributed by atoms with Crippen LogP contribution in [0.2, 0.25) is 0 Å². The molecule has 0 rings (SSSR count). The molecule has 0 aliphatic rings. The van der Waals surface area contributed by atoms with E-state index in [1.54, 1.807) is 6.08 Å². The van der Waals surface area contributed by atoms with Crippen LogP contribution >= 0.6 is 0 Å². The lowest BCUT2D eigenvalue weighted by atomic mass is 10.0. The number of esters is 1. The maximum atomic E-state index is 12.5. The molecule has 0 aliphatic heterocycles. The lowest BCUT2D eigenvalue weighted by Crippen LogP contribution is -2.45. The number of hydrogen-bond acceptors (Lipinski definition) is 5. The summed E-state index contributed by atoms with van der Waals surface area (Å²) in [7, 11) is 0. The highest BCUT2D eigenvalue weighted by atomic mass is 16.5. The van der Waals surface area contributed by atoms with Crippen molar-refractivity contribution in [1.82, 2.24) is 5.32 Å². The van der Waals surface area contributed by atoms with Crippen LogP contribution in [0.4, 0.5) is 0 Å². The van der Waals surface area contributed by atoms with Crippen molar-refractivity contribution in [2.45, 2.75) is 405 Å². The van der Waals surface area contributed by atoms with E-state index in [9.17, 15) is 19.8 Å². The van der Waals surface area contributed by atoms with Crippen LogP contribution in [0.3, 0.4) is 0 Å². The molecule has 456 valence electrons. The van der Waals surface area contributed by atoms with Gasteiger partial charge in [-0.3, -0.25) is 9.59 Å². The predicted molar refractivity (Wildman–Crippen MR) is 338 cm³/mol. The molecule has 6 heteroatoms. The number of hydrogen-bond donors (Lipinski definition) is 3. The molecule has 2 unspecified atom stereocenters. The lowest BCUT2D eigenvalue weighted by molar-refractivity contribution is -0.143. The molecule has 0 spiro atoms. The molecule has 2 atom stereocenters. The topological polar surface area (TPSA) is 95.9 Å². The Hall–Kier alpha value is -1.66. The fourth-order valence-electron chi connectivity index (χ4n) is 11.1. The van der Waals surface area contributed by atoms with Crippen LogP contribution in [0.5, 0.6) is 0 Å². The smallest absolute Gasteiger partial charge is 0.305 e. The Labute approximate surface area is 481 Å². The Morgan fingerprint density at radius 2 is 0.610 bits per heavy atom. The average molecular weight is 1080 g/mol. The summed E-state index contributed by atoms with van der Waals surface area (Å²) in [6, 6.07) is -0.636. The number of allylic oxidation sites excluding steroid dienone is 3. The number of aliphatic hydroxyl groups is 2. The third-order valence-corrected chi connectivity index (χ3v) is 16.5. The van der Waals surface area contributed by atoms with E-state index < -0.39 is 12.1 Å². The van der Waals surface area contributed by atoms with Gasteiger partial charge in [-0.2, -0.15) is 0 Å². The number of carbonyl (C=O) groups is 2. The molecule has 6 nitrogen and oxygen atoms in total. The van der Waals surface area contributed by atoms with Crippen LogP contribution in [-0.2, 0) is 14.3 Å². The molecule has 0 aromatic heterocycles. The van der Waals surface area contributed by atoms with Gasteiger partial charge in [-0.1, -0.05) is 346 Å². The minimum Gasteiger partial charge on any atom is -0.466 e. The molecule has 0 fully saturated rings. The summed E-state index contributed by atoms with van der Waals surface area (Å²) in [5, 5.41) is 23.3. The fourth-order valence-corrected chi connectivity index (χ4v) is 11.1. The molecular formula is C71H137NO5. The largest absolute Gasteiger partial charge is 0.466 e. The Kier molecular flexibility index (Phi) is 65.4. The van der Waals surface area contributed by atoms with Crippen LogP contribution in [0.15, 0.2) is 24.3 Å². The summed E-state index contributed by atoms with van der Waals surface area (Å²) >= 11 is 0. The molecule has 3 N–H and O–H groups in total. The van der Waals surface area contributed by atoms with Gasteiger partial charge >= 0.3 is 5.97 Å². The molecule has 0 aromatic carbocycles. The molecule has 1 amide bonds. The molecule has 0 radical (unpaired) electrons. The molecule has 0 saturated heterocycles. The quantitative estimate of drug-likeness (QED) is 0.0320. The minimum absolute atomic E-state index is 0.00855. The van der Waals surface area contributed by atoms with Crippen LogP contribution in [-0.4, -0.2) is 47.4 Å². The number of amides is 1. The van der Waals surface area contributed by atoms with Crippen LogP contribution < -0.4 is 5.32 Å². The Bertz CT molecular complexity index is 1200. The zero-order valence-electron chi connectivity index (χ0n) is 52.2. The Morgan fingerprint density at radius 1 is 0.351 bits per heavy atom. The van der Waals surface area contributed by atoms with E-state index in [2.05, 4.69) is 31.3 Å². The van der Waals surface area contributed by atoms with Gasteiger partial charge in [0, 0.05) is 12.8 Å². The van der Waals surface area contributed by atoms with Gasteiger partial charge in [0.05, 0.1) is 25.4 Å². The van der Waals surface area contributed by atoms with Gasteiger partial charge in [-0.15, -0.1) is 0 Å². The summed E-state index contributed by atoms with van der Waals surface area (Å²) in [5.41, 5.74) is 0. The van der Waals surface area contributed by atoms with Crippen molar-refractivity contribution in [2.24, 2.45) is 0 Å². The second-order valence-corrected chi connectivity index (χ2v) is 24.2. The second-order valence-electron chi connectivity index (χ2n) is 24.2. The molecule has 0 heterocycles. The number of aliphatic hydroxyl groups excluding tert-OH is 2. The van der Waals surface area contributed by atoms with Crippen molar-refractivity contribution in [3.8, 4) is 0 Å². The molecule has 0 aromatic rings. The van der Waals surface area contributed by atoms with Gasteiger partial charge in [0.15, 0.2) is 0 Å². The summed E-state index contributed by atoms with van der Waals surface area (Å²) in [4.78, 5) is 24.6. The van der Waals surface area contributed by atoms with E-state index in [4.69, 9.17) is 4.74 Å². The van der Waals surface area contributed by atoms with E-state index >= 15 is 0 Å². The zero-order valence-corrected chi connectivity index (χ0v) is 52.2. The highest BCUT2D eigenvalue weighted by molar-refractivity contribution is 5.76. The number of rotatable bonds is 66. The highest BCUT2D eigenvalue weighted by Crippen LogP contribution is 2.19. The maximum Gasteiger partial charge on any atom is 0.305 e. The normalized spacial score (nSPS) is 12.6. The molecule has 77 heavy (non-hydrogen) atoms. The second kappa shape index (κ2) is 66.8. The number of nitrogens with one attached hydrogen (secondary N) is 1. The third-order valence-electron chi connectivity index (χ3n) is 16.5. The highest BCUT2D eigenvalue weighted by Gasteiger charge is 2.18. The van der Waals surface area contributed by atoms with Gasteiger partial charge in [0.25, 0.3) is 0 Å². The first-order valence-electron chi connectivity index (χ1n) is 35.1. The van der Waals surface area contributed by atoms with Crippen molar-refractivity contribution in [1.29, 1.82) is 0 Å². The van der Waals surface area contributed by atoms with Crippen LogP contribution in [0, 0.1) is 0 Å². The van der Waals surface area contributed by atoms with E-state index in [1.807, 2.05) is 6.08 Å². The summed E-state index contributed by atoms with van der Waals surface area (Å²) < 4.78 is 5.50.